The van der Waals surface area contributed by atoms with Crippen LogP contribution in [0.15, 0.2) is 25.3 Å². The Kier molecular flexibility index (Phi) is 59.3. The van der Waals surface area contributed by atoms with Crippen molar-refractivity contribution in [2.24, 2.45) is 0 Å². The summed E-state index contributed by atoms with van der Waals surface area (Å²) in [6, 6.07) is 0. The Hall–Kier alpha value is -1.52. The maximum atomic E-state index is 7.50. The summed E-state index contributed by atoms with van der Waals surface area (Å²) >= 11 is 1.42. The molecule has 0 aromatic rings. The molecule has 0 saturated heterocycles. The molecule has 0 atom stereocenters. The fraction of sp³-hybridized carbons (Fsp3) is 0.294. The van der Waals surface area contributed by atoms with E-state index in [4.69, 9.17) is 23.3 Å². The van der Waals surface area contributed by atoms with Crippen molar-refractivity contribution < 1.29 is 42.6 Å². The summed E-state index contributed by atoms with van der Waals surface area (Å²) in [6.45, 7) is 38.5. The van der Waals surface area contributed by atoms with Crippen LogP contribution < -0.4 is 0 Å². The third-order valence-electron chi connectivity index (χ3n) is 1.53. The molecule has 0 aliphatic heterocycles. The van der Waals surface area contributed by atoms with Crippen LogP contribution >= 0.6 is 0 Å². The number of hydrogen-bond acceptors (Lipinski definition) is 1. The Labute approximate surface area is 162 Å². The van der Waals surface area contributed by atoms with Gasteiger partial charge in [0.1, 0.15) is 0 Å². The fourth-order valence-electron chi connectivity index (χ4n) is 0.872. The topological polar surface area (TPSA) is 103 Å². The molecule has 0 aliphatic carbocycles. The van der Waals surface area contributed by atoms with Crippen LogP contribution in [-0.4, -0.2) is 30.1 Å². The second-order valence-corrected chi connectivity index (χ2v) is 10.4. The van der Waals surface area contributed by atoms with E-state index in [1.54, 1.807) is 0 Å². The monoisotopic (exact) mass is 529 g/mol. The molecule has 0 aromatic heterocycles. The van der Waals surface area contributed by atoms with Gasteiger partial charge in [-0.15, -0.1) is 0 Å². The van der Waals surface area contributed by atoms with E-state index >= 15 is 0 Å². The Balaban J connectivity index is -0.0000000768. The molecule has 0 bridgehead atoms. The third-order valence-corrected chi connectivity index (χ3v) is 3.70. The van der Waals surface area contributed by atoms with E-state index in [-0.39, 0.29) is 0 Å². The SMILES string of the molecule is C=CCN(CC=C)[C](=[W])C#C[Si](C)(C)C.[C-]#[O+].[C-]#[O+].[C-]#[O+].[C-]#[O+].[C-]#[O+]. The zero-order chi connectivity index (χ0) is 21.9. The molecule has 8 heteroatoms. The van der Waals surface area contributed by atoms with Gasteiger partial charge in [-0.3, -0.25) is 0 Å². The molecule has 0 saturated carbocycles. The van der Waals surface area contributed by atoms with Crippen molar-refractivity contribution >= 4 is 12.1 Å². The van der Waals surface area contributed by atoms with Crippen molar-refractivity contribution in [1.29, 1.82) is 0 Å². The van der Waals surface area contributed by atoms with Crippen LogP contribution in [0.1, 0.15) is 0 Å². The van der Waals surface area contributed by atoms with Crippen molar-refractivity contribution in [2.75, 3.05) is 13.1 Å². The van der Waals surface area contributed by atoms with Gasteiger partial charge in [0.2, 0.25) is 0 Å². The van der Waals surface area contributed by atoms with Crippen LogP contribution in [0.3, 0.4) is 0 Å². The molecule has 0 heterocycles. The molecular formula is C17H19NO5SiW. The van der Waals surface area contributed by atoms with E-state index in [0.717, 1.165) is 13.1 Å². The van der Waals surface area contributed by atoms with Gasteiger partial charge in [-0.25, -0.2) is 0 Å². The van der Waals surface area contributed by atoms with Gasteiger partial charge in [-0.1, -0.05) is 0 Å². The van der Waals surface area contributed by atoms with Gasteiger partial charge in [0.25, 0.3) is 0 Å². The van der Waals surface area contributed by atoms with E-state index in [1.807, 2.05) is 12.2 Å². The first kappa shape index (κ1) is 38.8. The Morgan fingerprint density at radius 1 is 0.880 bits per heavy atom. The minimum absolute atomic E-state index is 0.852. The Morgan fingerprint density at radius 3 is 1.36 bits per heavy atom. The van der Waals surface area contributed by atoms with Crippen molar-refractivity contribution in [2.45, 2.75) is 19.6 Å². The summed E-state index contributed by atoms with van der Waals surface area (Å²) in [5, 5.41) is 0. The molecule has 0 spiro atoms. The van der Waals surface area contributed by atoms with Crippen LogP contribution in [0.5, 0.6) is 0 Å². The first-order valence-electron chi connectivity index (χ1n) is 5.96. The zero-order valence-electron chi connectivity index (χ0n) is 14.4. The summed E-state index contributed by atoms with van der Waals surface area (Å²) < 4.78 is 38.7. The zero-order valence-corrected chi connectivity index (χ0v) is 18.3. The van der Waals surface area contributed by atoms with E-state index < -0.39 is 8.07 Å². The number of rotatable bonds is 5. The number of hydrogen-bond donors (Lipinski definition) is 0. The maximum absolute atomic E-state index is 7.50. The summed E-state index contributed by atoms with van der Waals surface area (Å²) in [5.74, 6) is 3.29. The van der Waals surface area contributed by atoms with Gasteiger partial charge < -0.3 is 0 Å². The molecule has 132 valence electrons. The molecule has 0 unspecified atom stereocenters. The average Bonchev–Trinajstić information content (AvgIpc) is 2.67. The molecule has 0 fully saturated rings. The van der Waals surface area contributed by atoms with Gasteiger partial charge in [-0.05, 0) is 0 Å². The molecule has 0 rings (SSSR count). The Bertz CT molecular complexity index is 457. The van der Waals surface area contributed by atoms with E-state index in [2.05, 4.69) is 82.4 Å². The van der Waals surface area contributed by atoms with Gasteiger partial charge in [-0.2, -0.15) is 0 Å². The van der Waals surface area contributed by atoms with E-state index in [0.29, 0.717) is 0 Å². The van der Waals surface area contributed by atoms with Crippen LogP contribution in [0.4, 0.5) is 0 Å². The second kappa shape index (κ2) is 38.2. The van der Waals surface area contributed by atoms with Gasteiger partial charge >= 0.3 is 162 Å². The van der Waals surface area contributed by atoms with Crippen molar-refractivity contribution in [3.05, 3.63) is 58.6 Å². The quantitative estimate of drug-likeness (QED) is 0.176. The molecular weight excluding hydrogens is 510 g/mol. The van der Waals surface area contributed by atoms with Crippen LogP contribution in [0.25, 0.3) is 0 Å². The first-order chi connectivity index (χ1) is 11.9. The molecule has 0 N–H and O–H groups in total. The van der Waals surface area contributed by atoms with Gasteiger partial charge in [0.15, 0.2) is 0 Å². The van der Waals surface area contributed by atoms with Gasteiger partial charge in [0, 0.05) is 0 Å². The van der Waals surface area contributed by atoms with E-state index in [1.165, 1.54) is 23.4 Å². The standard InChI is InChI=1S/C12H19NSi.5CO.W/c1-6-9-13(10-7-2)11-8-12-14(3,4)5;5*1-2;/h6-7H,1-2,9-10H2,3-5H3;;;;;;. The average molecular weight is 529 g/mol. The summed E-state index contributed by atoms with van der Waals surface area (Å²) in [6.07, 6.45) is 3.81. The van der Waals surface area contributed by atoms with Crippen LogP contribution in [-0.2, 0) is 42.6 Å². The number of nitrogens with zero attached hydrogens (tertiary/aromatic N) is 1. The molecule has 0 aromatic carbocycles. The molecule has 0 aliphatic rings. The summed E-state index contributed by atoms with van der Waals surface area (Å²) in [4.78, 5) is 2.21. The first-order valence-corrected chi connectivity index (χ1v) is 10.9. The normalized spacial score (nSPS) is 6.64. The van der Waals surface area contributed by atoms with Crippen LogP contribution in [0, 0.1) is 44.7 Å². The molecule has 0 radical (unpaired) electrons. The van der Waals surface area contributed by atoms with Crippen LogP contribution in [0.2, 0.25) is 19.6 Å². The fourth-order valence-corrected chi connectivity index (χ4v) is 2.44. The Morgan fingerprint density at radius 2 is 1.16 bits per heavy atom. The second-order valence-electron chi connectivity index (χ2n) is 4.29. The molecule has 0 amide bonds. The molecule has 25 heavy (non-hydrogen) atoms. The molecule has 6 nitrogen and oxygen atoms in total. The summed E-state index contributed by atoms with van der Waals surface area (Å²) in [7, 11) is -1.26. The van der Waals surface area contributed by atoms with E-state index in [9.17, 15) is 0 Å². The predicted octanol–water partition coefficient (Wildman–Crippen LogP) is 2.03. The predicted molar refractivity (Wildman–Crippen MR) is 87.7 cm³/mol. The van der Waals surface area contributed by atoms with Crippen molar-refractivity contribution in [1.82, 2.24) is 4.90 Å². The van der Waals surface area contributed by atoms with Crippen molar-refractivity contribution in [3.63, 3.8) is 0 Å². The summed E-state index contributed by atoms with van der Waals surface area (Å²) in [5.41, 5.74) is 3.38. The van der Waals surface area contributed by atoms with Gasteiger partial charge in [0.05, 0.1) is 0 Å². The van der Waals surface area contributed by atoms with Crippen molar-refractivity contribution in [3.8, 4) is 11.5 Å². The minimum atomic E-state index is -1.26. The third kappa shape index (κ3) is 45.0.